The summed E-state index contributed by atoms with van der Waals surface area (Å²) in [5.41, 5.74) is 2.70. The first kappa shape index (κ1) is 25.6. The number of hydrogen-bond donors (Lipinski definition) is 3. The van der Waals surface area contributed by atoms with E-state index in [0.29, 0.717) is 28.5 Å². The van der Waals surface area contributed by atoms with Crippen molar-refractivity contribution in [2.24, 2.45) is 0 Å². The van der Waals surface area contributed by atoms with Crippen LogP contribution in [0.3, 0.4) is 0 Å². The molecule has 3 aromatic rings. The molecule has 3 N–H and O–H groups in total. The van der Waals surface area contributed by atoms with Crippen molar-refractivity contribution in [1.29, 1.82) is 0 Å². The zero-order chi connectivity index (χ0) is 25.8. The van der Waals surface area contributed by atoms with Gasteiger partial charge in [-0.3, -0.25) is 4.79 Å². The quantitative estimate of drug-likeness (QED) is 0.394. The number of carbonyl (C=O) groups excluding carboxylic acids is 1. The van der Waals surface area contributed by atoms with Crippen LogP contribution in [0, 0.1) is 0 Å². The predicted octanol–water partition coefficient (Wildman–Crippen LogP) is 1.98. The van der Waals surface area contributed by atoms with Gasteiger partial charge in [0.2, 0.25) is 0 Å². The highest BCUT2D eigenvalue weighted by Crippen LogP contribution is 2.36. The maximum Gasteiger partial charge on any atom is 0.313 e. The van der Waals surface area contributed by atoms with E-state index in [1.54, 1.807) is 45.4 Å². The number of aliphatic hydroxyl groups excluding tert-OH is 3. The fraction of sp³-hybridized carbons (Fsp3) is 0.385. The lowest BCUT2D eigenvalue weighted by atomic mass is 9.96. The van der Waals surface area contributed by atoms with Crippen molar-refractivity contribution in [1.82, 2.24) is 5.16 Å². The molecule has 0 aliphatic carbocycles. The van der Waals surface area contributed by atoms with Crippen LogP contribution in [-0.4, -0.2) is 77.8 Å². The first-order valence-corrected chi connectivity index (χ1v) is 11.4. The Morgan fingerprint density at radius 2 is 1.47 bits per heavy atom. The van der Waals surface area contributed by atoms with Crippen molar-refractivity contribution >= 4 is 5.97 Å². The van der Waals surface area contributed by atoms with Crippen molar-refractivity contribution < 1.29 is 43.6 Å². The maximum absolute atomic E-state index is 12.7. The van der Waals surface area contributed by atoms with Gasteiger partial charge in [-0.1, -0.05) is 17.3 Å². The van der Waals surface area contributed by atoms with E-state index >= 15 is 0 Å². The fourth-order valence-electron chi connectivity index (χ4n) is 4.08. The molecule has 10 heteroatoms. The van der Waals surface area contributed by atoms with Gasteiger partial charge in [0, 0.05) is 5.56 Å². The second-order valence-electron chi connectivity index (χ2n) is 8.50. The van der Waals surface area contributed by atoms with Crippen molar-refractivity contribution in [2.45, 2.75) is 43.9 Å². The molecular weight excluding hydrogens is 470 g/mol. The molecule has 192 valence electrons. The van der Waals surface area contributed by atoms with E-state index < -0.39 is 36.5 Å². The molecule has 4 rings (SSSR count). The molecule has 5 unspecified atom stereocenters. The highest BCUT2D eigenvalue weighted by molar-refractivity contribution is 5.85. The van der Waals surface area contributed by atoms with Crippen molar-refractivity contribution in [3.63, 3.8) is 0 Å². The highest BCUT2D eigenvalue weighted by atomic mass is 16.6. The lowest BCUT2D eigenvalue weighted by Gasteiger charge is -2.38. The number of methoxy groups -OCH3 is 2. The smallest absolute Gasteiger partial charge is 0.313 e. The minimum Gasteiger partial charge on any atom is -0.497 e. The maximum atomic E-state index is 12.7. The van der Waals surface area contributed by atoms with Crippen LogP contribution in [0.4, 0.5) is 0 Å². The van der Waals surface area contributed by atoms with Crippen LogP contribution >= 0.6 is 0 Å². The number of aliphatic hydroxyl groups is 3. The Kier molecular flexibility index (Phi) is 7.90. The molecule has 1 fully saturated rings. The fourth-order valence-corrected chi connectivity index (χ4v) is 4.08. The Hall–Kier alpha value is -3.44. The molecule has 1 aliphatic rings. The van der Waals surface area contributed by atoms with Gasteiger partial charge in [0.05, 0.1) is 25.9 Å². The van der Waals surface area contributed by atoms with E-state index in [1.807, 2.05) is 24.3 Å². The number of benzene rings is 2. The topological polar surface area (TPSA) is 141 Å². The second kappa shape index (κ2) is 11.1. The van der Waals surface area contributed by atoms with Crippen LogP contribution in [0.25, 0.3) is 22.4 Å². The summed E-state index contributed by atoms with van der Waals surface area (Å²) in [6, 6.07) is 14.6. The molecule has 5 atom stereocenters. The van der Waals surface area contributed by atoms with Crippen LogP contribution < -0.4 is 9.47 Å². The summed E-state index contributed by atoms with van der Waals surface area (Å²) in [6.07, 6.45) is -5.97. The summed E-state index contributed by atoms with van der Waals surface area (Å²) < 4.78 is 26.9. The molecule has 2 aromatic carbocycles. The Labute approximate surface area is 208 Å². The molecule has 10 nitrogen and oxygen atoms in total. The molecule has 0 radical (unpaired) electrons. The summed E-state index contributed by atoms with van der Waals surface area (Å²) in [4.78, 5) is 12.7. The van der Waals surface area contributed by atoms with Crippen molar-refractivity contribution in [3.05, 3.63) is 54.3 Å². The zero-order valence-corrected chi connectivity index (χ0v) is 20.2. The van der Waals surface area contributed by atoms with E-state index in [1.165, 1.54) is 0 Å². The molecular formula is C26H29NO9. The van der Waals surface area contributed by atoms with Gasteiger partial charge in [-0.15, -0.1) is 0 Å². The van der Waals surface area contributed by atoms with Gasteiger partial charge >= 0.3 is 5.97 Å². The number of aromatic nitrogens is 1. The summed E-state index contributed by atoms with van der Waals surface area (Å²) in [5.74, 6) is 1.03. The third-order valence-electron chi connectivity index (χ3n) is 6.17. The van der Waals surface area contributed by atoms with Crippen molar-refractivity contribution in [3.8, 4) is 33.9 Å². The Morgan fingerprint density at radius 3 is 2.06 bits per heavy atom. The monoisotopic (exact) mass is 499 g/mol. The summed E-state index contributed by atoms with van der Waals surface area (Å²) >= 11 is 0. The lowest BCUT2D eigenvalue weighted by molar-refractivity contribution is -0.227. The van der Waals surface area contributed by atoms with E-state index in [9.17, 15) is 20.1 Å². The van der Waals surface area contributed by atoms with Gasteiger partial charge in [0.15, 0.2) is 5.76 Å². The molecule has 1 aliphatic heterocycles. The number of esters is 1. The first-order chi connectivity index (χ1) is 17.3. The molecule has 2 heterocycles. The molecule has 36 heavy (non-hydrogen) atoms. The number of nitrogens with zero attached hydrogens (tertiary/aromatic N) is 1. The molecule has 0 spiro atoms. The summed E-state index contributed by atoms with van der Waals surface area (Å²) in [7, 11) is 3.16. The Bertz CT molecular complexity index is 1160. The summed E-state index contributed by atoms with van der Waals surface area (Å²) in [6.45, 7) is 1.26. The van der Waals surface area contributed by atoms with E-state index in [4.69, 9.17) is 23.5 Å². The third-order valence-corrected chi connectivity index (χ3v) is 6.17. The SMILES string of the molecule is COc1ccc(-c2noc(CC(=O)OCC3OC(C)C(O)C(O)C3O)c2-c2ccc(OC)cc2)cc1. The van der Waals surface area contributed by atoms with E-state index in [2.05, 4.69) is 5.16 Å². The van der Waals surface area contributed by atoms with Gasteiger partial charge in [-0.2, -0.15) is 0 Å². The predicted molar refractivity (Wildman–Crippen MR) is 127 cm³/mol. The standard InChI is InChI=1S/C26H29NO9/c1-14-24(29)26(31)25(30)20(35-14)13-34-21(28)12-19-22(15-4-8-17(32-2)9-5-15)23(27-36-19)16-6-10-18(33-3)11-7-16/h4-11,14,20,24-26,29-31H,12-13H2,1-3H3. The van der Waals surface area contributed by atoms with E-state index in [0.717, 1.165) is 11.1 Å². The number of rotatable bonds is 8. The Balaban J connectivity index is 1.55. The minimum atomic E-state index is -1.40. The van der Waals surface area contributed by atoms with Gasteiger partial charge in [0.1, 0.15) is 54.6 Å². The first-order valence-electron chi connectivity index (χ1n) is 11.4. The van der Waals surface area contributed by atoms with Crippen LogP contribution in [0.5, 0.6) is 11.5 Å². The van der Waals surface area contributed by atoms with Gasteiger partial charge in [0.25, 0.3) is 0 Å². The van der Waals surface area contributed by atoms with Crippen LogP contribution in [-0.2, 0) is 20.7 Å². The van der Waals surface area contributed by atoms with Gasteiger partial charge in [-0.25, -0.2) is 0 Å². The molecule has 0 saturated carbocycles. The number of ether oxygens (including phenoxy) is 4. The normalized spacial score (nSPS) is 23.8. The van der Waals surface area contributed by atoms with Crippen LogP contribution in [0.2, 0.25) is 0 Å². The number of carbonyl (C=O) groups is 1. The largest absolute Gasteiger partial charge is 0.497 e. The van der Waals surface area contributed by atoms with Crippen LogP contribution in [0.15, 0.2) is 53.1 Å². The summed E-state index contributed by atoms with van der Waals surface area (Å²) in [5, 5.41) is 34.2. The molecule has 0 bridgehead atoms. The van der Waals surface area contributed by atoms with Crippen LogP contribution in [0.1, 0.15) is 12.7 Å². The lowest BCUT2D eigenvalue weighted by Crippen LogP contribution is -2.57. The molecule has 1 aromatic heterocycles. The molecule has 1 saturated heterocycles. The highest BCUT2D eigenvalue weighted by Gasteiger charge is 2.42. The van der Waals surface area contributed by atoms with Crippen molar-refractivity contribution in [2.75, 3.05) is 20.8 Å². The van der Waals surface area contributed by atoms with Gasteiger partial charge in [-0.05, 0) is 48.9 Å². The number of hydrogen-bond acceptors (Lipinski definition) is 10. The third kappa shape index (κ3) is 5.36. The minimum absolute atomic E-state index is 0.228. The second-order valence-corrected chi connectivity index (χ2v) is 8.50. The average Bonchev–Trinajstić information content (AvgIpc) is 3.32. The molecule has 0 amide bonds. The van der Waals surface area contributed by atoms with Gasteiger partial charge < -0.3 is 38.8 Å². The zero-order valence-electron chi connectivity index (χ0n) is 20.2. The Morgan fingerprint density at radius 1 is 0.889 bits per heavy atom. The van der Waals surface area contributed by atoms with E-state index in [-0.39, 0.29) is 13.0 Å². The average molecular weight is 500 g/mol.